The van der Waals surface area contributed by atoms with Gasteiger partial charge in [-0.15, -0.1) is 0 Å². The molecule has 102 valence electrons. The van der Waals surface area contributed by atoms with Crippen molar-refractivity contribution in [2.24, 2.45) is 0 Å². The van der Waals surface area contributed by atoms with Crippen molar-refractivity contribution in [2.45, 2.75) is 6.92 Å². The van der Waals surface area contributed by atoms with E-state index in [0.717, 1.165) is 16.2 Å². The Morgan fingerprint density at radius 3 is 2.33 bits per heavy atom. The third kappa shape index (κ3) is 1.64. The maximum Gasteiger partial charge on any atom is 0.221 e. The van der Waals surface area contributed by atoms with Crippen molar-refractivity contribution in [3.63, 3.8) is 0 Å². The van der Waals surface area contributed by atoms with Crippen molar-refractivity contribution < 1.29 is 4.79 Å². The van der Waals surface area contributed by atoms with E-state index in [1.54, 1.807) is 0 Å². The number of hydrogen-bond acceptors (Lipinski definition) is 2. The van der Waals surface area contributed by atoms with Crippen LogP contribution in [0.25, 0.3) is 32.3 Å². The molecule has 0 heterocycles. The molecule has 0 atom stereocenters. The fourth-order valence-corrected chi connectivity index (χ4v) is 3.15. The van der Waals surface area contributed by atoms with Crippen molar-refractivity contribution in [1.29, 1.82) is 0 Å². The summed E-state index contributed by atoms with van der Waals surface area (Å²) in [6.07, 6.45) is 0. The Balaban J connectivity index is 2.26. The fourth-order valence-electron chi connectivity index (χ4n) is 3.15. The maximum atomic E-state index is 11.5. The van der Waals surface area contributed by atoms with Gasteiger partial charge in [-0.1, -0.05) is 42.5 Å². The molecular formula is C18H14N2O. The van der Waals surface area contributed by atoms with Crippen LogP contribution in [0.1, 0.15) is 6.92 Å². The van der Waals surface area contributed by atoms with Crippen molar-refractivity contribution in [3.8, 4) is 0 Å². The van der Waals surface area contributed by atoms with Crippen molar-refractivity contribution in [1.82, 2.24) is 0 Å². The zero-order chi connectivity index (χ0) is 14.6. The van der Waals surface area contributed by atoms with E-state index in [1.807, 2.05) is 12.1 Å². The van der Waals surface area contributed by atoms with Gasteiger partial charge >= 0.3 is 0 Å². The average Bonchev–Trinajstić information content (AvgIpc) is 2.47. The number of hydrogen-bond donors (Lipinski definition) is 2. The van der Waals surface area contributed by atoms with Crippen molar-refractivity contribution in [2.75, 3.05) is 11.1 Å². The lowest BCUT2D eigenvalue weighted by atomic mass is 9.93. The molecule has 4 aromatic rings. The molecule has 4 rings (SSSR count). The molecule has 0 radical (unpaired) electrons. The van der Waals surface area contributed by atoms with Gasteiger partial charge in [0.05, 0.1) is 11.4 Å². The molecule has 0 fully saturated rings. The zero-order valence-electron chi connectivity index (χ0n) is 11.6. The Kier molecular flexibility index (Phi) is 2.33. The largest absolute Gasteiger partial charge is 0.397 e. The van der Waals surface area contributed by atoms with Gasteiger partial charge in [0.1, 0.15) is 0 Å². The number of carbonyl (C=O) groups excluding carboxylic acids is 1. The molecule has 3 N–H and O–H groups in total. The number of benzene rings is 4. The second kappa shape index (κ2) is 4.09. The van der Waals surface area contributed by atoms with E-state index in [-0.39, 0.29) is 5.91 Å². The first-order valence-electron chi connectivity index (χ1n) is 6.89. The highest BCUT2D eigenvalue weighted by molar-refractivity contribution is 6.27. The van der Waals surface area contributed by atoms with Crippen LogP contribution in [-0.2, 0) is 4.79 Å². The van der Waals surface area contributed by atoms with Crippen molar-refractivity contribution >= 4 is 49.6 Å². The third-order valence-corrected chi connectivity index (χ3v) is 3.98. The predicted molar refractivity (Wildman–Crippen MR) is 88.9 cm³/mol. The normalized spacial score (nSPS) is 11.5. The highest BCUT2D eigenvalue weighted by Gasteiger charge is 2.13. The van der Waals surface area contributed by atoms with Crippen molar-refractivity contribution in [3.05, 3.63) is 48.5 Å². The minimum atomic E-state index is -0.114. The molecule has 0 bridgehead atoms. The number of carbonyl (C=O) groups is 1. The summed E-state index contributed by atoms with van der Waals surface area (Å²) in [7, 11) is 0. The summed E-state index contributed by atoms with van der Waals surface area (Å²) in [6, 6.07) is 16.5. The molecule has 0 aliphatic heterocycles. The fraction of sp³-hybridized carbons (Fsp3) is 0.0556. The Hall–Kier alpha value is -2.81. The number of rotatable bonds is 1. The van der Waals surface area contributed by atoms with Crippen LogP contribution in [0, 0.1) is 0 Å². The monoisotopic (exact) mass is 274 g/mol. The summed E-state index contributed by atoms with van der Waals surface area (Å²) in [6.45, 7) is 1.50. The van der Waals surface area contributed by atoms with Crippen LogP contribution in [0.2, 0.25) is 0 Å². The standard InChI is InChI=1S/C18H14N2O/c1-10(21)20-18-14-8-7-12-4-2-3-11-5-6-13(9-15(18)19)17(14)16(11)12/h2-9H,19H2,1H3,(H,20,21). The predicted octanol–water partition coefficient (Wildman–Crippen LogP) is 4.12. The minimum Gasteiger partial charge on any atom is -0.397 e. The molecule has 0 aliphatic rings. The summed E-state index contributed by atoms with van der Waals surface area (Å²) in [4.78, 5) is 11.5. The summed E-state index contributed by atoms with van der Waals surface area (Å²) in [5, 5.41) is 9.73. The molecule has 1 amide bonds. The Morgan fingerprint density at radius 2 is 1.62 bits per heavy atom. The van der Waals surface area contributed by atoms with Gasteiger partial charge < -0.3 is 11.1 Å². The minimum absolute atomic E-state index is 0.114. The maximum absolute atomic E-state index is 11.5. The van der Waals surface area contributed by atoms with E-state index in [2.05, 4.69) is 41.7 Å². The number of amides is 1. The molecule has 0 unspecified atom stereocenters. The first kappa shape index (κ1) is 12.0. The molecule has 0 spiro atoms. The highest BCUT2D eigenvalue weighted by Crippen LogP contribution is 2.40. The van der Waals surface area contributed by atoms with E-state index < -0.39 is 0 Å². The SMILES string of the molecule is CC(=O)Nc1c(N)cc2ccc3cccc4ccc1c2c34. The summed E-state index contributed by atoms with van der Waals surface area (Å²) < 4.78 is 0. The van der Waals surface area contributed by atoms with Gasteiger partial charge in [-0.2, -0.15) is 0 Å². The Bertz CT molecular complexity index is 989. The van der Waals surface area contributed by atoms with Gasteiger partial charge in [0.25, 0.3) is 0 Å². The van der Waals surface area contributed by atoms with E-state index >= 15 is 0 Å². The molecule has 0 saturated heterocycles. The molecule has 3 heteroatoms. The molecular weight excluding hydrogens is 260 g/mol. The number of nitrogen functional groups attached to an aromatic ring is 1. The molecule has 3 nitrogen and oxygen atoms in total. The van der Waals surface area contributed by atoms with Crippen LogP contribution in [0.3, 0.4) is 0 Å². The van der Waals surface area contributed by atoms with Gasteiger partial charge in [-0.05, 0) is 33.0 Å². The second-order valence-corrected chi connectivity index (χ2v) is 5.38. The van der Waals surface area contributed by atoms with Crippen LogP contribution in [-0.4, -0.2) is 5.91 Å². The Morgan fingerprint density at radius 1 is 0.952 bits per heavy atom. The zero-order valence-corrected chi connectivity index (χ0v) is 11.6. The van der Waals surface area contributed by atoms with Crippen LogP contribution >= 0.6 is 0 Å². The highest BCUT2D eigenvalue weighted by atomic mass is 16.1. The van der Waals surface area contributed by atoms with Crippen LogP contribution in [0.5, 0.6) is 0 Å². The van der Waals surface area contributed by atoms with Crippen LogP contribution in [0.15, 0.2) is 48.5 Å². The van der Waals surface area contributed by atoms with Gasteiger partial charge in [0.2, 0.25) is 5.91 Å². The summed E-state index contributed by atoms with van der Waals surface area (Å²) in [5.41, 5.74) is 7.42. The number of nitrogens with two attached hydrogens (primary N) is 1. The van der Waals surface area contributed by atoms with Gasteiger partial charge in [0.15, 0.2) is 0 Å². The van der Waals surface area contributed by atoms with E-state index in [9.17, 15) is 4.79 Å². The average molecular weight is 274 g/mol. The van der Waals surface area contributed by atoms with Gasteiger partial charge in [-0.3, -0.25) is 4.79 Å². The van der Waals surface area contributed by atoms with E-state index in [0.29, 0.717) is 11.4 Å². The lowest BCUT2D eigenvalue weighted by Crippen LogP contribution is -2.08. The molecule has 21 heavy (non-hydrogen) atoms. The topological polar surface area (TPSA) is 55.1 Å². The summed E-state index contributed by atoms with van der Waals surface area (Å²) in [5.74, 6) is -0.114. The smallest absolute Gasteiger partial charge is 0.221 e. The first-order valence-corrected chi connectivity index (χ1v) is 6.89. The van der Waals surface area contributed by atoms with E-state index in [4.69, 9.17) is 5.73 Å². The second-order valence-electron chi connectivity index (χ2n) is 5.38. The molecule has 4 aromatic carbocycles. The van der Waals surface area contributed by atoms with Gasteiger partial charge in [0, 0.05) is 12.3 Å². The van der Waals surface area contributed by atoms with Gasteiger partial charge in [-0.25, -0.2) is 0 Å². The summed E-state index contributed by atoms with van der Waals surface area (Å²) >= 11 is 0. The quantitative estimate of drug-likeness (QED) is 0.405. The first-order chi connectivity index (χ1) is 10.1. The Labute approximate surface area is 121 Å². The molecule has 0 aromatic heterocycles. The number of anilines is 2. The van der Waals surface area contributed by atoms with Crippen LogP contribution < -0.4 is 11.1 Å². The molecule has 0 aliphatic carbocycles. The van der Waals surface area contributed by atoms with Crippen LogP contribution in [0.4, 0.5) is 11.4 Å². The lowest BCUT2D eigenvalue weighted by molar-refractivity contribution is -0.114. The number of nitrogens with one attached hydrogen (secondary N) is 1. The van der Waals surface area contributed by atoms with E-state index in [1.165, 1.54) is 23.1 Å². The molecule has 0 saturated carbocycles. The third-order valence-electron chi connectivity index (χ3n) is 3.98. The lowest BCUT2D eigenvalue weighted by Gasteiger charge is -2.16.